The first-order chi connectivity index (χ1) is 11.3. The van der Waals surface area contributed by atoms with E-state index in [0.717, 1.165) is 6.42 Å². The van der Waals surface area contributed by atoms with Crippen molar-refractivity contribution in [2.75, 3.05) is 18.1 Å². The number of ether oxygens (including phenoxy) is 1. The molecule has 7 heteroatoms. The summed E-state index contributed by atoms with van der Waals surface area (Å²) in [6.07, 6.45) is 1.60. The average molecular weight is 357 g/mol. The van der Waals surface area contributed by atoms with Crippen molar-refractivity contribution in [3.8, 4) is 5.75 Å². The highest BCUT2D eigenvalue weighted by Crippen LogP contribution is 2.19. The molecule has 1 aromatic rings. The molecule has 1 N–H and O–H groups in total. The van der Waals surface area contributed by atoms with Crippen molar-refractivity contribution < 1.29 is 22.3 Å². The van der Waals surface area contributed by atoms with Crippen molar-refractivity contribution in [2.45, 2.75) is 39.2 Å². The second-order valence-corrected chi connectivity index (χ2v) is 8.88. The monoisotopic (exact) mass is 357 g/mol. The lowest BCUT2D eigenvalue weighted by Gasteiger charge is -2.23. The van der Waals surface area contributed by atoms with E-state index in [9.17, 15) is 17.6 Å². The van der Waals surface area contributed by atoms with Crippen LogP contribution in [0.5, 0.6) is 5.75 Å². The van der Waals surface area contributed by atoms with E-state index in [2.05, 4.69) is 19.2 Å². The van der Waals surface area contributed by atoms with E-state index in [1.54, 1.807) is 6.07 Å². The lowest BCUT2D eigenvalue weighted by molar-refractivity contribution is 0.0930. The number of sulfone groups is 1. The van der Waals surface area contributed by atoms with Gasteiger partial charge in [-0.05, 0) is 37.3 Å². The molecule has 0 bridgehead atoms. The van der Waals surface area contributed by atoms with Gasteiger partial charge in [-0.15, -0.1) is 0 Å². The highest BCUT2D eigenvalue weighted by Gasteiger charge is 2.25. The van der Waals surface area contributed by atoms with Crippen LogP contribution in [0.4, 0.5) is 4.39 Å². The van der Waals surface area contributed by atoms with Crippen LogP contribution in [0.3, 0.4) is 0 Å². The summed E-state index contributed by atoms with van der Waals surface area (Å²) in [6, 6.07) is 3.95. The number of nitrogens with one attached hydrogen (secondary N) is 1. The van der Waals surface area contributed by atoms with Gasteiger partial charge in [0.1, 0.15) is 21.4 Å². The average Bonchev–Trinajstić information content (AvgIpc) is 2.49. The van der Waals surface area contributed by atoms with Crippen LogP contribution in [0.15, 0.2) is 18.2 Å². The number of hydrogen-bond donors (Lipinski definition) is 1. The summed E-state index contributed by atoms with van der Waals surface area (Å²) in [4.78, 5) is 12.2. The molecule has 2 rings (SSSR count). The van der Waals surface area contributed by atoms with Crippen molar-refractivity contribution in [2.24, 2.45) is 5.92 Å². The Bertz CT molecular complexity index is 674. The van der Waals surface area contributed by atoms with Crippen LogP contribution in [-0.4, -0.2) is 38.5 Å². The summed E-state index contributed by atoms with van der Waals surface area (Å²) >= 11 is 0. The van der Waals surface area contributed by atoms with E-state index >= 15 is 0 Å². The molecule has 24 heavy (non-hydrogen) atoms. The summed E-state index contributed by atoms with van der Waals surface area (Å²) < 4.78 is 42.4. The number of carbonyl (C=O) groups is 1. The zero-order chi connectivity index (χ0) is 17.7. The molecule has 0 radical (unpaired) electrons. The van der Waals surface area contributed by atoms with Gasteiger partial charge in [0.15, 0.2) is 0 Å². The number of benzene rings is 1. The van der Waals surface area contributed by atoms with Crippen LogP contribution in [0.2, 0.25) is 0 Å². The van der Waals surface area contributed by atoms with Gasteiger partial charge < -0.3 is 10.1 Å². The maximum absolute atomic E-state index is 14.1. The molecule has 0 aliphatic carbocycles. The molecule has 0 spiro atoms. The first-order valence-corrected chi connectivity index (χ1v) is 10.0. The lowest BCUT2D eigenvalue weighted by Crippen LogP contribution is -2.41. The molecule has 134 valence electrons. The van der Waals surface area contributed by atoms with E-state index in [0.29, 0.717) is 31.1 Å². The van der Waals surface area contributed by atoms with Crippen LogP contribution >= 0.6 is 0 Å². The molecular formula is C17H24FNO4S. The van der Waals surface area contributed by atoms with Crippen molar-refractivity contribution in [3.63, 3.8) is 0 Å². The molecule has 0 aromatic heterocycles. The van der Waals surface area contributed by atoms with Gasteiger partial charge in [-0.25, -0.2) is 12.8 Å². The van der Waals surface area contributed by atoms with Gasteiger partial charge in [-0.3, -0.25) is 4.79 Å². The third-order valence-corrected chi connectivity index (χ3v) is 5.75. The molecule has 1 aliphatic heterocycles. The fourth-order valence-electron chi connectivity index (χ4n) is 2.48. The van der Waals surface area contributed by atoms with Gasteiger partial charge in [0, 0.05) is 12.1 Å². The highest BCUT2D eigenvalue weighted by molar-refractivity contribution is 7.91. The number of rotatable bonds is 6. The molecular weight excluding hydrogens is 333 g/mol. The Morgan fingerprint density at radius 3 is 2.58 bits per heavy atom. The van der Waals surface area contributed by atoms with Gasteiger partial charge in [0.05, 0.1) is 23.7 Å². The number of halogens is 1. The van der Waals surface area contributed by atoms with Crippen LogP contribution in [-0.2, 0) is 9.84 Å². The Balaban J connectivity index is 1.92. The van der Waals surface area contributed by atoms with Crippen molar-refractivity contribution >= 4 is 15.7 Å². The molecule has 0 unspecified atom stereocenters. The van der Waals surface area contributed by atoms with Gasteiger partial charge in [0.2, 0.25) is 0 Å². The van der Waals surface area contributed by atoms with Gasteiger partial charge in [-0.2, -0.15) is 0 Å². The number of amides is 1. The number of hydrogen-bond acceptors (Lipinski definition) is 4. The summed E-state index contributed by atoms with van der Waals surface area (Å²) in [5.41, 5.74) is -0.0559. The fourth-order valence-corrected chi connectivity index (χ4v) is 3.97. The minimum atomic E-state index is -2.99. The van der Waals surface area contributed by atoms with Gasteiger partial charge in [-0.1, -0.05) is 13.8 Å². The first-order valence-electron chi connectivity index (χ1n) is 8.20. The van der Waals surface area contributed by atoms with E-state index < -0.39 is 21.6 Å². The van der Waals surface area contributed by atoms with E-state index in [1.807, 2.05) is 0 Å². The minimum absolute atomic E-state index is 0.0559. The zero-order valence-corrected chi connectivity index (χ0v) is 14.9. The molecule has 1 heterocycles. The van der Waals surface area contributed by atoms with Crippen molar-refractivity contribution in [1.82, 2.24) is 5.32 Å². The summed E-state index contributed by atoms with van der Waals surface area (Å²) in [5.74, 6) is -0.150. The molecule has 1 aliphatic rings. The quantitative estimate of drug-likeness (QED) is 0.849. The van der Waals surface area contributed by atoms with Gasteiger partial charge >= 0.3 is 0 Å². The van der Waals surface area contributed by atoms with Crippen LogP contribution in [0.25, 0.3) is 0 Å². The highest BCUT2D eigenvalue weighted by atomic mass is 32.2. The molecule has 0 saturated carbocycles. The van der Waals surface area contributed by atoms with E-state index in [4.69, 9.17) is 4.74 Å². The largest absolute Gasteiger partial charge is 0.493 e. The molecule has 0 atom stereocenters. The summed E-state index contributed by atoms with van der Waals surface area (Å²) in [5, 5.41) is 2.71. The first kappa shape index (κ1) is 18.7. The minimum Gasteiger partial charge on any atom is -0.493 e. The van der Waals surface area contributed by atoms with Crippen LogP contribution in [0, 0.1) is 11.7 Å². The predicted molar refractivity (Wildman–Crippen MR) is 90.5 cm³/mol. The fraction of sp³-hybridized carbons (Fsp3) is 0.588. The number of carbonyl (C=O) groups excluding carboxylic acids is 1. The van der Waals surface area contributed by atoms with Crippen LogP contribution in [0.1, 0.15) is 43.5 Å². The smallest absolute Gasteiger partial charge is 0.254 e. The molecule has 1 saturated heterocycles. The Morgan fingerprint density at radius 1 is 1.33 bits per heavy atom. The topological polar surface area (TPSA) is 72.5 Å². The second kappa shape index (κ2) is 7.96. The normalized spacial score (nSPS) is 17.7. The Kier molecular flexibility index (Phi) is 6.21. The molecule has 5 nitrogen and oxygen atoms in total. The molecule has 1 amide bonds. The summed E-state index contributed by atoms with van der Waals surface area (Å²) in [6.45, 7) is 4.65. The predicted octanol–water partition coefficient (Wildman–Crippen LogP) is 2.56. The van der Waals surface area contributed by atoms with E-state index in [1.165, 1.54) is 12.1 Å². The maximum atomic E-state index is 14.1. The molecule has 1 fully saturated rings. The second-order valence-electron chi connectivity index (χ2n) is 6.57. The van der Waals surface area contributed by atoms with Crippen molar-refractivity contribution in [3.05, 3.63) is 29.6 Å². The Morgan fingerprint density at radius 2 is 2.00 bits per heavy atom. The van der Waals surface area contributed by atoms with Crippen LogP contribution < -0.4 is 10.1 Å². The molecule has 1 aromatic carbocycles. The van der Waals surface area contributed by atoms with Crippen molar-refractivity contribution in [1.29, 1.82) is 0 Å². The Hall–Kier alpha value is -1.63. The summed E-state index contributed by atoms with van der Waals surface area (Å²) in [7, 11) is -2.99. The third kappa shape index (κ3) is 5.47. The lowest BCUT2D eigenvalue weighted by atomic mass is 10.1. The SMILES string of the molecule is CC(C)CCOc1ccc(C(=O)NC2CCS(=O)(=O)CC2)c(F)c1. The van der Waals surface area contributed by atoms with Gasteiger partial charge in [0.25, 0.3) is 5.91 Å². The third-order valence-electron chi connectivity index (χ3n) is 4.04. The zero-order valence-electron chi connectivity index (χ0n) is 14.0. The Labute approximate surface area is 142 Å². The van der Waals surface area contributed by atoms with E-state index in [-0.39, 0.29) is 23.1 Å². The maximum Gasteiger partial charge on any atom is 0.254 e. The standard InChI is InChI=1S/C17H24FNO4S/c1-12(2)5-8-23-14-3-4-15(16(18)11-14)17(20)19-13-6-9-24(21,22)10-7-13/h3-4,11-13H,5-10H2,1-2H3,(H,19,20).